The minimum Gasteiger partial charge on any atom is -0.496 e. The van der Waals surface area contributed by atoms with E-state index in [4.69, 9.17) is 14.2 Å². The Labute approximate surface area is 238 Å². The Hall–Kier alpha value is -3.87. The molecule has 0 fully saturated rings. The van der Waals surface area contributed by atoms with Gasteiger partial charge >= 0.3 is 0 Å². The van der Waals surface area contributed by atoms with E-state index < -0.39 is 0 Å². The summed E-state index contributed by atoms with van der Waals surface area (Å²) in [5.41, 5.74) is 5.21. The Balaban J connectivity index is 1.84. The zero-order valence-electron chi connectivity index (χ0n) is 24.5. The van der Waals surface area contributed by atoms with Crippen LogP contribution in [0.15, 0.2) is 60.7 Å². The molecule has 3 aromatic carbocycles. The Kier molecular flexibility index (Phi) is 10.6. The van der Waals surface area contributed by atoms with Crippen molar-refractivity contribution in [3.8, 4) is 39.8 Å². The molecule has 4 rings (SSSR count). The topological polar surface area (TPSA) is 71.3 Å². The van der Waals surface area contributed by atoms with E-state index >= 15 is 0 Å². The Morgan fingerprint density at radius 2 is 1.45 bits per heavy atom. The van der Waals surface area contributed by atoms with Crippen molar-refractivity contribution in [2.45, 2.75) is 72.3 Å². The molecule has 0 bridgehead atoms. The number of aryl methyl sites for hydroxylation is 2. The predicted octanol–water partition coefficient (Wildman–Crippen LogP) is 7.74. The van der Waals surface area contributed by atoms with Crippen molar-refractivity contribution in [3.63, 3.8) is 0 Å². The summed E-state index contributed by atoms with van der Waals surface area (Å²) in [6.07, 6.45) is 4.83. The average molecular weight is 543 g/mol. The first kappa shape index (κ1) is 29.1. The lowest BCUT2D eigenvalue weighted by atomic mass is 9.94. The zero-order chi connectivity index (χ0) is 28.3. The first-order chi connectivity index (χ1) is 19.5. The number of unbranched alkanes of at least 4 members (excludes halogenated alkanes) is 2. The number of methoxy groups -OCH3 is 1. The summed E-state index contributed by atoms with van der Waals surface area (Å²) >= 11 is 0. The summed E-state index contributed by atoms with van der Waals surface area (Å²) in [7, 11) is 1.71. The fourth-order valence-electron chi connectivity index (χ4n) is 4.56. The predicted molar refractivity (Wildman–Crippen MR) is 160 cm³/mol. The van der Waals surface area contributed by atoms with Gasteiger partial charge in [-0.05, 0) is 64.9 Å². The summed E-state index contributed by atoms with van der Waals surface area (Å²) in [4.78, 5) is 0. The molecule has 1 heterocycles. The van der Waals surface area contributed by atoms with Gasteiger partial charge in [-0.3, -0.25) is 0 Å². The molecule has 0 N–H and O–H groups in total. The minimum atomic E-state index is 0.371. The molecule has 0 amide bonds. The Bertz CT molecular complexity index is 1350. The summed E-state index contributed by atoms with van der Waals surface area (Å²) < 4.78 is 20.4. The van der Waals surface area contributed by atoms with Gasteiger partial charge in [0.25, 0.3) is 0 Å². The molecule has 40 heavy (non-hydrogen) atoms. The van der Waals surface area contributed by atoms with Crippen LogP contribution >= 0.6 is 0 Å². The van der Waals surface area contributed by atoms with Crippen molar-refractivity contribution in [1.29, 1.82) is 0 Å². The maximum atomic E-state index is 6.39. The minimum absolute atomic E-state index is 0.371. The van der Waals surface area contributed by atoms with Gasteiger partial charge in [0.1, 0.15) is 17.2 Å². The zero-order valence-corrected chi connectivity index (χ0v) is 24.5. The van der Waals surface area contributed by atoms with E-state index in [0.717, 1.165) is 66.0 Å². The first-order valence-electron chi connectivity index (χ1n) is 14.5. The molecule has 0 radical (unpaired) electrons. The maximum Gasteiger partial charge on any atom is 0.185 e. The highest BCUT2D eigenvalue weighted by Crippen LogP contribution is 2.44. The lowest BCUT2D eigenvalue weighted by Gasteiger charge is -2.20. The van der Waals surface area contributed by atoms with E-state index in [1.807, 2.05) is 22.9 Å². The van der Waals surface area contributed by atoms with Crippen LogP contribution in [0.25, 0.3) is 22.5 Å². The van der Waals surface area contributed by atoms with E-state index in [2.05, 4.69) is 85.7 Å². The highest BCUT2D eigenvalue weighted by molar-refractivity contribution is 5.83. The van der Waals surface area contributed by atoms with E-state index in [0.29, 0.717) is 31.5 Å². The molecule has 212 valence electrons. The maximum absolute atomic E-state index is 6.39. The van der Waals surface area contributed by atoms with Crippen molar-refractivity contribution in [3.05, 3.63) is 71.8 Å². The van der Waals surface area contributed by atoms with Crippen LogP contribution < -0.4 is 14.2 Å². The average Bonchev–Trinajstić information content (AvgIpc) is 3.45. The largest absolute Gasteiger partial charge is 0.496 e. The van der Waals surface area contributed by atoms with Gasteiger partial charge in [-0.1, -0.05) is 76.9 Å². The SMILES string of the molecule is CCCCOc1cc(OCCCC)c(-c2nnnn2CCc2ccccc2)cc1-c1cc(C(C)C)ccc1OC. The van der Waals surface area contributed by atoms with Gasteiger partial charge in [-0.2, -0.15) is 0 Å². The molecule has 0 aliphatic carbocycles. The molecule has 0 aliphatic heterocycles. The Morgan fingerprint density at radius 1 is 0.775 bits per heavy atom. The molecule has 7 heteroatoms. The number of aromatic nitrogens is 4. The van der Waals surface area contributed by atoms with Crippen LogP contribution in [0.4, 0.5) is 0 Å². The van der Waals surface area contributed by atoms with Crippen LogP contribution in [0.2, 0.25) is 0 Å². The highest BCUT2D eigenvalue weighted by atomic mass is 16.5. The third kappa shape index (κ3) is 7.20. The Morgan fingerprint density at radius 3 is 2.10 bits per heavy atom. The van der Waals surface area contributed by atoms with Gasteiger partial charge in [-0.15, -0.1) is 5.10 Å². The molecule has 0 aliphatic rings. The number of tetrazole rings is 1. The van der Waals surface area contributed by atoms with Crippen molar-refractivity contribution < 1.29 is 14.2 Å². The second kappa shape index (κ2) is 14.5. The van der Waals surface area contributed by atoms with Crippen LogP contribution in [0, 0.1) is 0 Å². The van der Waals surface area contributed by atoms with Crippen LogP contribution in [-0.2, 0) is 13.0 Å². The first-order valence-corrected chi connectivity index (χ1v) is 14.5. The van der Waals surface area contributed by atoms with Crippen molar-refractivity contribution in [2.75, 3.05) is 20.3 Å². The standard InChI is InChI=1S/C33H42N4O3/c1-6-8-19-39-31-23-32(40-20-9-7-2)29(22-28(31)27-21-26(24(3)4)15-16-30(27)38-5)33-34-35-36-37(33)18-17-25-13-11-10-12-14-25/h10-16,21-24H,6-9,17-20H2,1-5H3. The summed E-state index contributed by atoms with van der Waals surface area (Å²) in [5, 5.41) is 12.9. The number of rotatable bonds is 15. The molecule has 1 aromatic heterocycles. The van der Waals surface area contributed by atoms with Gasteiger partial charge in [0.2, 0.25) is 0 Å². The normalized spacial score (nSPS) is 11.2. The van der Waals surface area contributed by atoms with Crippen molar-refractivity contribution >= 4 is 0 Å². The summed E-state index contributed by atoms with van der Waals surface area (Å²) in [5.74, 6) is 3.32. The lowest BCUT2D eigenvalue weighted by Crippen LogP contribution is -2.08. The van der Waals surface area contributed by atoms with E-state index in [9.17, 15) is 0 Å². The highest BCUT2D eigenvalue weighted by Gasteiger charge is 2.22. The van der Waals surface area contributed by atoms with Crippen molar-refractivity contribution in [1.82, 2.24) is 20.2 Å². The molecule has 0 atom stereocenters. The second-order valence-electron chi connectivity index (χ2n) is 10.3. The molecule has 0 saturated heterocycles. The van der Waals surface area contributed by atoms with Crippen LogP contribution in [-0.4, -0.2) is 40.5 Å². The quantitative estimate of drug-likeness (QED) is 0.143. The molecular formula is C33H42N4O3. The number of benzene rings is 3. The molecule has 0 unspecified atom stereocenters. The van der Waals surface area contributed by atoms with Crippen LogP contribution in [0.3, 0.4) is 0 Å². The van der Waals surface area contributed by atoms with E-state index in [1.54, 1.807) is 7.11 Å². The fraction of sp³-hybridized carbons (Fsp3) is 0.424. The van der Waals surface area contributed by atoms with Gasteiger partial charge < -0.3 is 14.2 Å². The molecule has 0 saturated carbocycles. The van der Waals surface area contributed by atoms with E-state index in [1.165, 1.54) is 11.1 Å². The molecule has 0 spiro atoms. The molecular weight excluding hydrogens is 500 g/mol. The smallest absolute Gasteiger partial charge is 0.185 e. The van der Waals surface area contributed by atoms with Gasteiger partial charge in [0.15, 0.2) is 5.82 Å². The summed E-state index contributed by atoms with van der Waals surface area (Å²) in [6, 6.07) is 20.9. The molecule has 7 nitrogen and oxygen atoms in total. The fourth-order valence-corrected chi connectivity index (χ4v) is 4.56. The number of hydrogen-bond acceptors (Lipinski definition) is 6. The van der Waals surface area contributed by atoms with Crippen LogP contribution in [0.1, 0.15) is 70.4 Å². The van der Waals surface area contributed by atoms with E-state index in [-0.39, 0.29) is 0 Å². The lowest BCUT2D eigenvalue weighted by molar-refractivity contribution is 0.295. The number of hydrogen-bond donors (Lipinski definition) is 0. The summed E-state index contributed by atoms with van der Waals surface area (Å²) in [6.45, 7) is 10.6. The van der Waals surface area contributed by atoms with Crippen molar-refractivity contribution in [2.24, 2.45) is 0 Å². The number of nitrogens with zero attached hydrogens (tertiary/aromatic N) is 4. The van der Waals surface area contributed by atoms with Gasteiger partial charge in [0, 0.05) is 23.7 Å². The molecule has 4 aromatic rings. The third-order valence-electron chi connectivity index (χ3n) is 7.00. The van der Waals surface area contributed by atoms with Gasteiger partial charge in [-0.25, -0.2) is 4.68 Å². The monoisotopic (exact) mass is 542 g/mol. The van der Waals surface area contributed by atoms with Gasteiger partial charge in [0.05, 0.1) is 25.9 Å². The second-order valence-corrected chi connectivity index (χ2v) is 10.3. The third-order valence-corrected chi connectivity index (χ3v) is 7.00. The number of ether oxygens (including phenoxy) is 3. The van der Waals surface area contributed by atoms with Crippen LogP contribution in [0.5, 0.6) is 17.2 Å².